The molecule has 1 saturated carbocycles. The van der Waals surface area contributed by atoms with Gasteiger partial charge in [0.05, 0.1) is 10.6 Å². The monoisotopic (exact) mass is 297 g/mol. The van der Waals surface area contributed by atoms with E-state index in [2.05, 4.69) is 12.2 Å². The number of fused-ring (bicyclic) bond motifs is 1. The van der Waals surface area contributed by atoms with E-state index < -0.39 is 9.84 Å². The van der Waals surface area contributed by atoms with E-state index in [1.54, 1.807) is 0 Å². The minimum atomic E-state index is -3.25. The van der Waals surface area contributed by atoms with E-state index in [0.29, 0.717) is 28.8 Å². The molecule has 3 atom stereocenters. The molecule has 3 rings (SSSR count). The van der Waals surface area contributed by atoms with Crippen LogP contribution >= 0.6 is 0 Å². The van der Waals surface area contributed by atoms with Crippen LogP contribution in [-0.2, 0) is 9.84 Å². The Balaban J connectivity index is 1.92. The van der Waals surface area contributed by atoms with Gasteiger partial charge in [-0.15, -0.1) is 0 Å². The van der Waals surface area contributed by atoms with Crippen molar-refractivity contribution >= 4 is 9.84 Å². The van der Waals surface area contributed by atoms with Gasteiger partial charge >= 0.3 is 0 Å². The van der Waals surface area contributed by atoms with Crippen molar-refractivity contribution in [3.63, 3.8) is 0 Å². The Morgan fingerprint density at radius 2 is 2.05 bits per heavy atom. The van der Waals surface area contributed by atoms with Crippen LogP contribution in [0.4, 0.5) is 4.39 Å². The SMILES string of the molecule is CC1CCCC1NC1CCS(=O)(=O)c2ccc(F)cc21. The average molecular weight is 297 g/mol. The summed E-state index contributed by atoms with van der Waals surface area (Å²) in [5.41, 5.74) is 0.607. The average Bonchev–Trinajstić information content (AvgIpc) is 2.78. The van der Waals surface area contributed by atoms with Crippen LogP contribution in [0.25, 0.3) is 0 Å². The lowest BCUT2D eigenvalue weighted by molar-refractivity contribution is 0.363. The summed E-state index contributed by atoms with van der Waals surface area (Å²) < 4.78 is 37.6. The van der Waals surface area contributed by atoms with Gasteiger partial charge in [-0.3, -0.25) is 0 Å². The maximum Gasteiger partial charge on any atom is 0.178 e. The lowest BCUT2D eigenvalue weighted by atomic mass is 9.99. The molecular formula is C15H20FNO2S. The topological polar surface area (TPSA) is 46.2 Å². The third kappa shape index (κ3) is 2.49. The van der Waals surface area contributed by atoms with Gasteiger partial charge in [0.2, 0.25) is 0 Å². The molecule has 0 bridgehead atoms. The summed E-state index contributed by atoms with van der Waals surface area (Å²) in [6.45, 7) is 2.22. The van der Waals surface area contributed by atoms with E-state index in [1.165, 1.54) is 31.0 Å². The molecule has 0 spiro atoms. The second-order valence-corrected chi connectivity index (χ2v) is 8.10. The largest absolute Gasteiger partial charge is 0.307 e. The van der Waals surface area contributed by atoms with Gasteiger partial charge in [0.1, 0.15) is 5.82 Å². The van der Waals surface area contributed by atoms with Crippen molar-refractivity contribution in [1.82, 2.24) is 5.32 Å². The highest BCUT2D eigenvalue weighted by Crippen LogP contribution is 2.35. The van der Waals surface area contributed by atoms with Crippen molar-refractivity contribution < 1.29 is 12.8 Å². The quantitative estimate of drug-likeness (QED) is 0.854. The third-order valence-corrected chi connectivity index (χ3v) is 6.45. The van der Waals surface area contributed by atoms with Gasteiger partial charge in [0.15, 0.2) is 9.84 Å². The number of halogens is 1. The number of sulfone groups is 1. The number of nitrogens with one attached hydrogen (secondary N) is 1. The summed E-state index contributed by atoms with van der Waals surface area (Å²) in [7, 11) is -3.25. The van der Waals surface area contributed by atoms with E-state index in [-0.39, 0.29) is 17.6 Å². The molecule has 2 aliphatic rings. The molecule has 1 aromatic carbocycles. The Bertz CT molecular complexity index is 614. The number of hydrogen-bond donors (Lipinski definition) is 1. The minimum Gasteiger partial charge on any atom is -0.307 e. The van der Waals surface area contributed by atoms with Gasteiger partial charge in [0, 0.05) is 12.1 Å². The fourth-order valence-electron chi connectivity index (χ4n) is 3.44. The zero-order valence-corrected chi connectivity index (χ0v) is 12.4. The molecule has 20 heavy (non-hydrogen) atoms. The summed E-state index contributed by atoms with van der Waals surface area (Å²) >= 11 is 0. The molecule has 3 unspecified atom stereocenters. The van der Waals surface area contributed by atoms with Gasteiger partial charge in [-0.1, -0.05) is 13.3 Å². The Morgan fingerprint density at radius 1 is 1.25 bits per heavy atom. The van der Waals surface area contributed by atoms with Crippen LogP contribution in [0.5, 0.6) is 0 Å². The van der Waals surface area contributed by atoms with Crippen LogP contribution in [0, 0.1) is 11.7 Å². The molecule has 0 radical (unpaired) electrons. The zero-order valence-electron chi connectivity index (χ0n) is 11.6. The van der Waals surface area contributed by atoms with Crippen LogP contribution < -0.4 is 5.32 Å². The summed E-state index contributed by atoms with van der Waals surface area (Å²) in [6.07, 6.45) is 4.07. The molecule has 110 valence electrons. The smallest absolute Gasteiger partial charge is 0.178 e. The molecule has 1 aliphatic heterocycles. The first kappa shape index (κ1) is 14.0. The Kier molecular flexibility index (Phi) is 3.58. The second kappa shape index (κ2) is 5.11. The summed E-state index contributed by atoms with van der Waals surface area (Å²) in [5.74, 6) is 0.377. The molecule has 1 heterocycles. The van der Waals surface area contributed by atoms with E-state index in [0.717, 1.165) is 6.42 Å². The van der Waals surface area contributed by atoms with E-state index in [1.807, 2.05) is 0 Å². The molecule has 5 heteroatoms. The molecule has 1 N–H and O–H groups in total. The summed E-state index contributed by atoms with van der Waals surface area (Å²) in [5, 5.41) is 3.56. The molecular weight excluding hydrogens is 277 g/mol. The first-order valence-electron chi connectivity index (χ1n) is 7.25. The van der Waals surface area contributed by atoms with Crippen molar-refractivity contribution in [3.05, 3.63) is 29.6 Å². The van der Waals surface area contributed by atoms with Gasteiger partial charge in [-0.05, 0) is 48.9 Å². The highest BCUT2D eigenvalue weighted by atomic mass is 32.2. The minimum absolute atomic E-state index is 0.0465. The van der Waals surface area contributed by atoms with E-state index in [4.69, 9.17) is 0 Å². The molecule has 0 aromatic heterocycles. The molecule has 0 amide bonds. The first-order valence-corrected chi connectivity index (χ1v) is 8.91. The van der Waals surface area contributed by atoms with Crippen molar-refractivity contribution in [1.29, 1.82) is 0 Å². The van der Waals surface area contributed by atoms with Gasteiger partial charge in [-0.2, -0.15) is 0 Å². The standard InChI is InChI=1S/C15H20FNO2S/c1-10-3-2-4-13(10)17-14-7-8-20(18,19)15-6-5-11(16)9-12(14)15/h5-6,9-10,13-14,17H,2-4,7-8H2,1H3. The molecule has 3 nitrogen and oxygen atoms in total. The maximum atomic E-state index is 13.5. The van der Waals surface area contributed by atoms with Crippen LogP contribution in [0.2, 0.25) is 0 Å². The Morgan fingerprint density at radius 3 is 2.75 bits per heavy atom. The summed E-state index contributed by atoms with van der Waals surface area (Å²) in [4.78, 5) is 0.299. The normalized spacial score (nSPS) is 32.0. The fraction of sp³-hybridized carbons (Fsp3) is 0.600. The lowest BCUT2D eigenvalue weighted by Gasteiger charge is -2.30. The molecule has 1 fully saturated rings. The molecule has 1 aliphatic carbocycles. The highest BCUT2D eigenvalue weighted by molar-refractivity contribution is 7.91. The predicted octanol–water partition coefficient (Wildman–Crippen LogP) is 2.82. The highest BCUT2D eigenvalue weighted by Gasteiger charge is 2.33. The third-order valence-electron chi connectivity index (χ3n) is 4.63. The summed E-state index contributed by atoms with van der Waals surface area (Å²) in [6, 6.07) is 4.39. The number of benzene rings is 1. The van der Waals surface area contributed by atoms with E-state index >= 15 is 0 Å². The fourth-order valence-corrected chi connectivity index (χ4v) is 5.04. The number of hydrogen-bond acceptors (Lipinski definition) is 3. The van der Waals surface area contributed by atoms with Crippen LogP contribution in [-0.4, -0.2) is 20.2 Å². The predicted molar refractivity (Wildman–Crippen MR) is 75.7 cm³/mol. The van der Waals surface area contributed by atoms with Gasteiger partial charge in [-0.25, -0.2) is 12.8 Å². The number of rotatable bonds is 2. The first-order chi connectivity index (χ1) is 9.47. The Labute approximate surface area is 119 Å². The van der Waals surface area contributed by atoms with Crippen molar-refractivity contribution in [2.75, 3.05) is 5.75 Å². The van der Waals surface area contributed by atoms with E-state index in [9.17, 15) is 12.8 Å². The maximum absolute atomic E-state index is 13.5. The lowest BCUT2D eigenvalue weighted by Crippen LogP contribution is -2.38. The van der Waals surface area contributed by atoms with Crippen LogP contribution in [0.15, 0.2) is 23.1 Å². The van der Waals surface area contributed by atoms with Gasteiger partial charge in [0.25, 0.3) is 0 Å². The van der Waals surface area contributed by atoms with Crippen molar-refractivity contribution in [3.8, 4) is 0 Å². The van der Waals surface area contributed by atoms with Crippen molar-refractivity contribution in [2.24, 2.45) is 5.92 Å². The Hall–Kier alpha value is -0.940. The van der Waals surface area contributed by atoms with Crippen LogP contribution in [0.3, 0.4) is 0 Å². The van der Waals surface area contributed by atoms with Gasteiger partial charge < -0.3 is 5.32 Å². The van der Waals surface area contributed by atoms with Crippen LogP contribution in [0.1, 0.15) is 44.2 Å². The zero-order chi connectivity index (χ0) is 14.3. The molecule has 0 saturated heterocycles. The molecule has 1 aromatic rings. The second-order valence-electron chi connectivity index (χ2n) is 6.02. The van der Waals surface area contributed by atoms with Crippen molar-refractivity contribution in [2.45, 2.75) is 49.6 Å².